The Hall–Kier alpha value is -7.82. The van der Waals surface area contributed by atoms with Gasteiger partial charge in [-0.3, -0.25) is 0 Å². The third kappa shape index (κ3) is 4.95. The largest absolute Gasteiger partial charge is 0.309 e. The number of hydrogen-bond donors (Lipinski definition) is 0. The minimum atomic E-state index is 0.719. The predicted molar refractivity (Wildman–Crippen MR) is 242 cm³/mol. The molecule has 0 aliphatic carbocycles. The zero-order chi connectivity index (χ0) is 38.2. The molecular weight excluding hydrogens is 705 g/mol. The molecule has 4 heteroatoms. The highest BCUT2D eigenvalue weighted by atomic mass is 15.0. The van der Waals surface area contributed by atoms with E-state index in [9.17, 15) is 0 Å². The topological polar surface area (TPSA) is 35.6 Å². The summed E-state index contributed by atoms with van der Waals surface area (Å²) in [6.07, 6.45) is 0. The Bertz CT molecular complexity index is 3560. The number of fused-ring (bicyclic) bond motifs is 8. The molecule has 12 rings (SSSR count). The van der Waals surface area contributed by atoms with Gasteiger partial charge < -0.3 is 9.13 Å². The summed E-state index contributed by atoms with van der Waals surface area (Å²) in [5.41, 5.74) is 13.4. The van der Waals surface area contributed by atoms with Crippen molar-refractivity contribution >= 4 is 65.3 Å². The molecule has 0 aliphatic heterocycles. The Morgan fingerprint density at radius 2 is 0.828 bits per heavy atom. The molecule has 0 atom stereocenters. The SMILES string of the molecule is c1ccc(-c2nc(-c3ccc(-n4c5ccccc5c5cc(-c6ccc7c(c6)c6ccccc6n7-c6ccccc6)ccc54)c4ccccc34)nc3ccccc23)cc1. The maximum absolute atomic E-state index is 5.26. The standard InChI is InChI=1S/C54H34N4/c1-3-15-35(16-4-1)53-44-23-9-12-24-47(44)55-54(56-53)43-29-32-50(40-20-8-7-19-39(40)43)58-49-26-14-11-22-42(49)46-34-37(28-31-52(46)58)36-27-30-51-45(33-36)41-21-10-13-25-48(41)57(51)38-17-5-2-6-18-38/h1-34H. The molecule has 0 saturated carbocycles. The molecule has 0 saturated heterocycles. The van der Waals surface area contributed by atoms with Crippen LogP contribution in [0.4, 0.5) is 0 Å². The normalized spacial score (nSPS) is 11.8. The summed E-state index contributed by atoms with van der Waals surface area (Å²) in [6.45, 7) is 0. The van der Waals surface area contributed by atoms with Crippen LogP contribution in [0.2, 0.25) is 0 Å². The lowest BCUT2D eigenvalue weighted by Gasteiger charge is -2.15. The molecule has 3 aromatic heterocycles. The van der Waals surface area contributed by atoms with Crippen molar-refractivity contribution in [2.75, 3.05) is 0 Å². The number of rotatable bonds is 5. The number of aromatic nitrogens is 4. The van der Waals surface area contributed by atoms with Gasteiger partial charge in [-0.15, -0.1) is 0 Å². The summed E-state index contributed by atoms with van der Waals surface area (Å²) in [4.78, 5) is 10.4. The molecule has 3 heterocycles. The highest BCUT2D eigenvalue weighted by molar-refractivity contribution is 6.14. The molecule has 12 aromatic rings. The summed E-state index contributed by atoms with van der Waals surface area (Å²) in [6, 6.07) is 73.8. The maximum atomic E-state index is 5.26. The fraction of sp³-hybridized carbons (Fsp3) is 0. The molecule has 9 aromatic carbocycles. The van der Waals surface area contributed by atoms with Gasteiger partial charge in [0.15, 0.2) is 5.82 Å². The van der Waals surface area contributed by atoms with Crippen LogP contribution < -0.4 is 0 Å². The van der Waals surface area contributed by atoms with Gasteiger partial charge in [0.1, 0.15) is 0 Å². The van der Waals surface area contributed by atoms with Crippen LogP contribution in [-0.2, 0) is 0 Å². The Labute approximate surface area is 334 Å². The van der Waals surface area contributed by atoms with E-state index in [1.165, 1.54) is 49.2 Å². The Balaban J connectivity index is 1.03. The van der Waals surface area contributed by atoms with E-state index in [1.54, 1.807) is 0 Å². The van der Waals surface area contributed by atoms with Gasteiger partial charge >= 0.3 is 0 Å². The van der Waals surface area contributed by atoms with Gasteiger partial charge in [-0.1, -0.05) is 140 Å². The van der Waals surface area contributed by atoms with E-state index < -0.39 is 0 Å². The van der Waals surface area contributed by atoms with Crippen molar-refractivity contribution in [2.24, 2.45) is 0 Å². The average Bonchev–Trinajstić information content (AvgIpc) is 3.81. The van der Waals surface area contributed by atoms with Gasteiger partial charge in [0, 0.05) is 49.1 Å². The average molecular weight is 739 g/mol. The van der Waals surface area contributed by atoms with Crippen molar-refractivity contribution < 1.29 is 0 Å². The van der Waals surface area contributed by atoms with E-state index in [0.29, 0.717) is 0 Å². The molecule has 0 amide bonds. The van der Waals surface area contributed by atoms with Crippen molar-refractivity contribution in [3.05, 3.63) is 206 Å². The van der Waals surface area contributed by atoms with Crippen molar-refractivity contribution in [2.45, 2.75) is 0 Å². The van der Waals surface area contributed by atoms with E-state index in [-0.39, 0.29) is 0 Å². The van der Waals surface area contributed by atoms with Gasteiger partial charge in [-0.25, -0.2) is 9.97 Å². The second-order valence-electron chi connectivity index (χ2n) is 15.0. The lowest BCUT2D eigenvalue weighted by molar-refractivity contribution is 1.18. The second-order valence-corrected chi connectivity index (χ2v) is 15.0. The first kappa shape index (κ1) is 32.4. The first-order valence-corrected chi connectivity index (χ1v) is 19.8. The van der Waals surface area contributed by atoms with Gasteiger partial charge in [0.2, 0.25) is 0 Å². The highest BCUT2D eigenvalue weighted by Crippen LogP contribution is 2.41. The molecule has 0 radical (unpaired) electrons. The summed E-state index contributed by atoms with van der Waals surface area (Å²) >= 11 is 0. The van der Waals surface area contributed by atoms with E-state index in [4.69, 9.17) is 9.97 Å². The van der Waals surface area contributed by atoms with Crippen LogP contribution in [0, 0.1) is 0 Å². The van der Waals surface area contributed by atoms with Crippen LogP contribution in [0.1, 0.15) is 0 Å². The highest BCUT2D eigenvalue weighted by Gasteiger charge is 2.19. The zero-order valence-electron chi connectivity index (χ0n) is 31.4. The van der Waals surface area contributed by atoms with Crippen molar-refractivity contribution in [3.63, 3.8) is 0 Å². The monoisotopic (exact) mass is 738 g/mol. The molecule has 270 valence electrons. The van der Waals surface area contributed by atoms with Crippen LogP contribution in [0.15, 0.2) is 206 Å². The van der Waals surface area contributed by atoms with Crippen LogP contribution in [0.25, 0.3) is 110 Å². The zero-order valence-corrected chi connectivity index (χ0v) is 31.4. The minimum absolute atomic E-state index is 0.719. The molecule has 0 bridgehead atoms. The van der Waals surface area contributed by atoms with Crippen molar-refractivity contribution in [1.29, 1.82) is 0 Å². The molecule has 0 unspecified atom stereocenters. The smallest absolute Gasteiger partial charge is 0.161 e. The first-order chi connectivity index (χ1) is 28.8. The summed E-state index contributed by atoms with van der Waals surface area (Å²) in [5.74, 6) is 0.719. The Kier molecular flexibility index (Phi) is 7.20. The maximum Gasteiger partial charge on any atom is 0.161 e. The Morgan fingerprint density at radius 1 is 0.310 bits per heavy atom. The predicted octanol–water partition coefficient (Wildman–Crippen LogP) is 14.0. The summed E-state index contributed by atoms with van der Waals surface area (Å²) in [7, 11) is 0. The third-order valence-corrected chi connectivity index (χ3v) is 11.7. The quantitative estimate of drug-likeness (QED) is 0.176. The lowest BCUT2D eigenvalue weighted by Crippen LogP contribution is -1.99. The van der Waals surface area contributed by atoms with Crippen LogP contribution in [-0.4, -0.2) is 19.1 Å². The van der Waals surface area contributed by atoms with Gasteiger partial charge in [-0.2, -0.15) is 0 Å². The second kappa shape index (κ2) is 12.9. The lowest BCUT2D eigenvalue weighted by atomic mass is 10.00. The summed E-state index contributed by atoms with van der Waals surface area (Å²) in [5, 5.41) is 8.24. The fourth-order valence-corrected chi connectivity index (χ4v) is 9.11. The number of benzene rings is 9. The van der Waals surface area contributed by atoms with E-state index >= 15 is 0 Å². The molecule has 0 N–H and O–H groups in total. The van der Waals surface area contributed by atoms with E-state index in [2.05, 4.69) is 203 Å². The van der Waals surface area contributed by atoms with E-state index in [0.717, 1.165) is 61.2 Å². The molecule has 58 heavy (non-hydrogen) atoms. The number of nitrogens with zero attached hydrogens (tertiary/aromatic N) is 4. The van der Waals surface area contributed by atoms with Crippen LogP contribution in [0.3, 0.4) is 0 Å². The van der Waals surface area contributed by atoms with Crippen molar-refractivity contribution in [1.82, 2.24) is 19.1 Å². The first-order valence-electron chi connectivity index (χ1n) is 19.8. The molecule has 4 nitrogen and oxygen atoms in total. The van der Waals surface area contributed by atoms with E-state index in [1.807, 2.05) is 12.1 Å². The van der Waals surface area contributed by atoms with Gasteiger partial charge in [-0.05, 0) is 83.2 Å². The minimum Gasteiger partial charge on any atom is -0.309 e. The fourth-order valence-electron chi connectivity index (χ4n) is 9.11. The van der Waals surface area contributed by atoms with Crippen LogP contribution in [0.5, 0.6) is 0 Å². The van der Waals surface area contributed by atoms with Crippen molar-refractivity contribution in [3.8, 4) is 45.1 Å². The van der Waals surface area contributed by atoms with Crippen LogP contribution >= 0.6 is 0 Å². The molecule has 0 spiro atoms. The molecule has 0 fully saturated rings. The van der Waals surface area contributed by atoms with Gasteiger partial charge in [0.25, 0.3) is 0 Å². The number of para-hydroxylation sites is 4. The Morgan fingerprint density at radius 3 is 1.52 bits per heavy atom. The number of hydrogen-bond acceptors (Lipinski definition) is 2. The molecular formula is C54H34N4. The summed E-state index contributed by atoms with van der Waals surface area (Å²) < 4.78 is 4.79. The third-order valence-electron chi connectivity index (χ3n) is 11.7. The van der Waals surface area contributed by atoms with Gasteiger partial charge in [0.05, 0.1) is 39.0 Å². The molecule has 0 aliphatic rings.